The van der Waals surface area contributed by atoms with E-state index in [-0.39, 0.29) is 23.8 Å². The third-order valence-electron chi connectivity index (χ3n) is 5.85. The zero-order valence-electron chi connectivity index (χ0n) is 17.0. The largest absolute Gasteiger partial charge is 0.343 e. The Balaban J connectivity index is 1.57. The lowest BCUT2D eigenvalue weighted by atomic mass is 10.2. The summed E-state index contributed by atoms with van der Waals surface area (Å²) in [7, 11) is 0. The fourth-order valence-electron chi connectivity index (χ4n) is 4.23. The number of likely N-dealkylation sites (tertiary alicyclic amines) is 1. The van der Waals surface area contributed by atoms with Crippen molar-refractivity contribution in [2.75, 3.05) is 13.1 Å². The third kappa shape index (κ3) is 3.58. The van der Waals surface area contributed by atoms with Crippen molar-refractivity contribution in [2.24, 2.45) is 0 Å². The maximum Gasteiger partial charge on any atom is 0.263 e. The fraction of sp³-hybridized carbons (Fsp3) is 0.304. The average molecular weight is 419 g/mol. The molecular formula is C23H22FN5O2. The molecule has 3 heterocycles. The highest BCUT2D eigenvalue weighted by atomic mass is 19.1. The monoisotopic (exact) mass is 419 g/mol. The van der Waals surface area contributed by atoms with Gasteiger partial charge >= 0.3 is 0 Å². The Morgan fingerprint density at radius 1 is 1.00 bits per heavy atom. The van der Waals surface area contributed by atoms with Gasteiger partial charge in [-0.15, -0.1) is 10.2 Å². The summed E-state index contributed by atoms with van der Waals surface area (Å²) in [5, 5.41) is 9.17. The van der Waals surface area contributed by atoms with Crippen LogP contribution in [0.2, 0.25) is 0 Å². The van der Waals surface area contributed by atoms with Crippen molar-refractivity contribution in [3.8, 4) is 0 Å². The zero-order valence-corrected chi connectivity index (χ0v) is 17.0. The Kier molecular flexibility index (Phi) is 4.97. The molecule has 0 bridgehead atoms. The van der Waals surface area contributed by atoms with E-state index in [4.69, 9.17) is 0 Å². The van der Waals surface area contributed by atoms with E-state index in [2.05, 4.69) is 10.2 Å². The van der Waals surface area contributed by atoms with Crippen LogP contribution >= 0.6 is 0 Å². The van der Waals surface area contributed by atoms with Crippen LogP contribution in [0.1, 0.15) is 30.7 Å². The minimum absolute atomic E-state index is 0.123. The second kappa shape index (κ2) is 7.94. The predicted molar refractivity (Wildman–Crippen MR) is 114 cm³/mol. The van der Waals surface area contributed by atoms with Gasteiger partial charge in [0, 0.05) is 25.9 Å². The maximum absolute atomic E-state index is 13.3. The van der Waals surface area contributed by atoms with Crippen molar-refractivity contribution < 1.29 is 9.18 Å². The quantitative estimate of drug-likeness (QED) is 0.499. The number of benzene rings is 2. The lowest BCUT2D eigenvalue weighted by Crippen LogP contribution is -2.28. The second-order valence-electron chi connectivity index (χ2n) is 7.87. The number of aromatic nitrogens is 4. The summed E-state index contributed by atoms with van der Waals surface area (Å²) in [6, 6.07) is 13.4. The van der Waals surface area contributed by atoms with Gasteiger partial charge < -0.3 is 4.90 Å². The molecule has 31 heavy (non-hydrogen) atoms. The van der Waals surface area contributed by atoms with E-state index in [1.165, 1.54) is 12.1 Å². The molecular weight excluding hydrogens is 397 g/mol. The molecule has 0 N–H and O–H groups in total. The highest BCUT2D eigenvalue weighted by molar-refractivity contribution is 5.80. The van der Waals surface area contributed by atoms with E-state index in [0.717, 1.165) is 31.5 Å². The zero-order chi connectivity index (χ0) is 21.4. The summed E-state index contributed by atoms with van der Waals surface area (Å²) in [6.07, 6.45) is 2.90. The number of carbonyl (C=O) groups is 1. The molecule has 4 aromatic rings. The molecule has 0 aliphatic carbocycles. The number of carbonyl (C=O) groups excluding carboxylic acids is 1. The fourth-order valence-corrected chi connectivity index (χ4v) is 4.23. The van der Waals surface area contributed by atoms with Crippen molar-refractivity contribution in [2.45, 2.75) is 32.2 Å². The molecule has 1 amide bonds. The molecule has 5 rings (SSSR count). The molecule has 0 unspecified atom stereocenters. The van der Waals surface area contributed by atoms with E-state index in [1.54, 1.807) is 22.8 Å². The van der Waals surface area contributed by atoms with Crippen molar-refractivity contribution in [1.29, 1.82) is 0 Å². The Morgan fingerprint density at radius 2 is 1.74 bits per heavy atom. The first-order valence-electron chi connectivity index (χ1n) is 10.5. The molecule has 0 saturated carbocycles. The van der Waals surface area contributed by atoms with E-state index in [1.807, 2.05) is 27.5 Å². The summed E-state index contributed by atoms with van der Waals surface area (Å²) in [5.41, 5.74) is 1.32. The number of hydrogen-bond acceptors (Lipinski definition) is 4. The van der Waals surface area contributed by atoms with Crippen LogP contribution in [0, 0.1) is 5.82 Å². The topological polar surface area (TPSA) is 72.5 Å². The van der Waals surface area contributed by atoms with Gasteiger partial charge in [0.25, 0.3) is 5.56 Å². The normalized spacial score (nSPS) is 14.0. The minimum atomic E-state index is -0.327. The Hall–Kier alpha value is -3.55. The number of hydrogen-bond donors (Lipinski definition) is 0. The summed E-state index contributed by atoms with van der Waals surface area (Å²) < 4.78 is 16.7. The van der Waals surface area contributed by atoms with Gasteiger partial charge in [0.15, 0.2) is 0 Å². The second-order valence-corrected chi connectivity index (χ2v) is 7.87. The summed E-state index contributed by atoms with van der Waals surface area (Å²) in [6.45, 7) is 1.89. The van der Waals surface area contributed by atoms with E-state index >= 15 is 0 Å². The van der Waals surface area contributed by atoms with Gasteiger partial charge in [-0.3, -0.25) is 18.6 Å². The standard InChI is InChI=1S/C23H22FN5O2/c24-17-9-7-16(8-10-17)15-28-22(31)18-5-1-2-6-19(18)29-20(25-26-23(28)29)11-12-21(30)27-13-3-4-14-27/h1-2,5-10H,3-4,11-15H2. The minimum Gasteiger partial charge on any atom is -0.343 e. The molecule has 0 spiro atoms. The van der Waals surface area contributed by atoms with E-state index in [0.29, 0.717) is 35.3 Å². The van der Waals surface area contributed by atoms with Gasteiger partial charge in [-0.2, -0.15) is 0 Å². The molecule has 1 aliphatic heterocycles. The van der Waals surface area contributed by atoms with Crippen LogP contribution in [0.4, 0.5) is 4.39 Å². The average Bonchev–Trinajstić information content (AvgIpc) is 3.47. The van der Waals surface area contributed by atoms with Gasteiger partial charge in [-0.05, 0) is 42.7 Å². The van der Waals surface area contributed by atoms with Crippen molar-refractivity contribution in [1.82, 2.24) is 24.1 Å². The van der Waals surface area contributed by atoms with Crippen LogP contribution in [0.3, 0.4) is 0 Å². The number of halogens is 1. The molecule has 0 radical (unpaired) electrons. The number of rotatable bonds is 5. The van der Waals surface area contributed by atoms with Crippen LogP contribution < -0.4 is 5.56 Å². The lowest BCUT2D eigenvalue weighted by Gasteiger charge is -2.15. The van der Waals surface area contributed by atoms with E-state index in [9.17, 15) is 14.0 Å². The summed E-state index contributed by atoms with van der Waals surface area (Å²) in [5.74, 6) is 0.855. The number of aryl methyl sites for hydroxylation is 1. The molecule has 2 aromatic carbocycles. The van der Waals surface area contributed by atoms with Crippen LogP contribution in [0.25, 0.3) is 16.7 Å². The van der Waals surface area contributed by atoms with Gasteiger partial charge in [0.2, 0.25) is 11.7 Å². The van der Waals surface area contributed by atoms with Crippen LogP contribution in [0.5, 0.6) is 0 Å². The molecule has 1 saturated heterocycles. The van der Waals surface area contributed by atoms with Crippen molar-refractivity contribution in [3.63, 3.8) is 0 Å². The van der Waals surface area contributed by atoms with Crippen LogP contribution in [-0.2, 0) is 17.8 Å². The number of nitrogens with zero attached hydrogens (tertiary/aromatic N) is 5. The SMILES string of the molecule is O=C(CCc1nnc2n(Cc3ccc(F)cc3)c(=O)c3ccccc3n12)N1CCCC1. The first-order chi connectivity index (χ1) is 15.1. The molecule has 0 atom stereocenters. The van der Waals surface area contributed by atoms with Gasteiger partial charge in [0.05, 0.1) is 17.4 Å². The number of amides is 1. The molecule has 1 aliphatic rings. The summed E-state index contributed by atoms with van der Waals surface area (Å²) in [4.78, 5) is 27.6. The van der Waals surface area contributed by atoms with Gasteiger partial charge in [0.1, 0.15) is 11.6 Å². The number of para-hydroxylation sites is 1. The van der Waals surface area contributed by atoms with Crippen molar-refractivity contribution in [3.05, 3.63) is 76.1 Å². The molecule has 8 heteroatoms. The Morgan fingerprint density at radius 3 is 2.52 bits per heavy atom. The van der Waals surface area contributed by atoms with Gasteiger partial charge in [-0.1, -0.05) is 24.3 Å². The highest BCUT2D eigenvalue weighted by Crippen LogP contribution is 2.17. The van der Waals surface area contributed by atoms with E-state index < -0.39 is 0 Å². The maximum atomic E-state index is 13.3. The first kappa shape index (κ1) is 19.4. The van der Waals surface area contributed by atoms with Gasteiger partial charge in [-0.25, -0.2) is 4.39 Å². The van der Waals surface area contributed by atoms with Crippen LogP contribution in [0.15, 0.2) is 53.3 Å². The van der Waals surface area contributed by atoms with Crippen molar-refractivity contribution >= 4 is 22.6 Å². The Bertz CT molecular complexity index is 1320. The molecule has 1 fully saturated rings. The first-order valence-corrected chi connectivity index (χ1v) is 10.5. The number of fused-ring (bicyclic) bond motifs is 3. The molecule has 2 aromatic heterocycles. The Labute approximate surface area is 177 Å². The van der Waals surface area contributed by atoms with Crippen LogP contribution in [-0.4, -0.2) is 43.1 Å². The third-order valence-corrected chi connectivity index (χ3v) is 5.85. The predicted octanol–water partition coefficient (Wildman–Crippen LogP) is 2.79. The molecule has 158 valence electrons. The smallest absolute Gasteiger partial charge is 0.263 e. The summed E-state index contributed by atoms with van der Waals surface area (Å²) >= 11 is 0. The highest BCUT2D eigenvalue weighted by Gasteiger charge is 2.20. The molecule has 7 nitrogen and oxygen atoms in total. The lowest BCUT2D eigenvalue weighted by molar-refractivity contribution is -0.130.